The number of rotatable bonds is 4. The van der Waals surface area contributed by atoms with Crippen LogP contribution in [0.2, 0.25) is 0 Å². The lowest BCUT2D eigenvalue weighted by molar-refractivity contribution is -0.385. The van der Waals surface area contributed by atoms with E-state index < -0.39 is 0 Å². The lowest BCUT2D eigenvalue weighted by atomic mass is 9.99. The van der Waals surface area contributed by atoms with Crippen molar-refractivity contribution in [3.8, 4) is 0 Å². The van der Waals surface area contributed by atoms with E-state index in [1.54, 1.807) is 11.7 Å². The fraction of sp³-hybridized carbons (Fsp3) is 0.692. The van der Waals surface area contributed by atoms with Crippen LogP contribution < -0.4 is 4.90 Å². The van der Waals surface area contributed by atoms with Crippen molar-refractivity contribution in [1.82, 2.24) is 9.78 Å². The first kappa shape index (κ1) is 14.5. The summed E-state index contributed by atoms with van der Waals surface area (Å²) in [6, 6.07) is 0. The number of hydrogen-bond donors (Lipinski definition) is 0. The monoisotopic (exact) mass is 280 g/mol. The van der Waals surface area contributed by atoms with Crippen molar-refractivity contribution in [3.05, 3.63) is 15.8 Å². The van der Waals surface area contributed by atoms with Crippen molar-refractivity contribution in [2.45, 2.75) is 32.6 Å². The maximum absolute atomic E-state index is 11.4. The predicted molar refractivity (Wildman–Crippen MR) is 75.0 cm³/mol. The average Bonchev–Trinajstić information content (AvgIpc) is 2.77. The van der Waals surface area contributed by atoms with Gasteiger partial charge in [-0.3, -0.25) is 10.1 Å². The second kappa shape index (κ2) is 5.60. The molecule has 0 aliphatic carbocycles. The smallest absolute Gasteiger partial charge is 0.334 e. The highest BCUT2D eigenvalue weighted by molar-refractivity contribution is 5.64. The largest absolute Gasteiger partial charge is 0.350 e. The number of nitro groups is 1. The van der Waals surface area contributed by atoms with Crippen molar-refractivity contribution in [3.63, 3.8) is 0 Å². The zero-order valence-electron chi connectivity index (χ0n) is 12.1. The van der Waals surface area contributed by atoms with Gasteiger partial charge >= 0.3 is 5.69 Å². The normalized spacial score (nSPS) is 19.4. The van der Waals surface area contributed by atoms with Crippen molar-refractivity contribution in [2.24, 2.45) is 13.0 Å². The number of carbonyl (C=O) groups is 1. The second-order valence-corrected chi connectivity index (χ2v) is 5.58. The topological polar surface area (TPSA) is 81.3 Å². The molecule has 2 heterocycles. The molecule has 110 valence electrons. The summed E-state index contributed by atoms with van der Waals surface area (Å²) in [5, 5.41) is 15.7. The third-order valence-electron chi connectivity index (χ3n) is 3.70. The molecule has 0 N–H and O–H groups in total. The van der Waals surface area contributed by atoms with Crippen LogP contribution >= 0.6 is 0 Å². The van der Waals surface area contributed by atoms with Gasteiger partial charge in [0.05, 0.1) is 4.92 Å². The van der Waals surface area contributed by atoms with E-state index in [2.05, 4.69) is 5.10 Å². The van der Waals surface area contributed by atoms with Crippen molar-refractivity contribution >= 4 is 17.8 Å². The predicted octanol–water partition coefficient (Wildman–Crippen LogP) is 1.87. The number of hydrogen-bond acceptors (Lipinski definition) is 5. The van der Waals surface area contributed by atoms with Crippen molar-refractivity contribution < 1.29 is 9.72 Å². The van der Waals surface area contributed by atoms with Crippen LogP contribution in [-0.4, -0.2) is 34.1 Å². The van der Waals surface area contributed by atoms with Crippen LogP contribution in [0.5, 0.6) is 0 Å². The molecule has 1 saturated heterocycles. The summed E-state index contributed by atoms with van der Waals surface area (Å²) in [6.45, 7) is 5.04. The number of nitrogens with zero attached hydrogens (tertiary/aromatic N) is 4. The number of anilines is 1. The highest BCUT2D eigenvalue weighted by Crippen LogP contribution is 2.36. The molecule has 1 unspecified atom stereocenters. The average molecular weight is 280 g/mol. The van der Waals surface area contributed by atoms with Gasteiger partial charge in [0.15, 0.2) is 0 Å². The Morgan fingerprint density at radius 3 is 2.75 bits per heavy atom. The van der Waals surface area contributed by atoms with Gasteiger partial charge in [-0.15, -0.1) is 0 Å². The van der Waals surface area contributed by atoms with E-state index in [0.29, 0.717) is 18.1 Å². The Labute approximate surface area is 117 Å². The Balaban J connectivity index is 2.44. The van der Waals surface area contributed by atoms with Crippen molar-refractivity contribution in [1.29, 1.82) is 0 Å². The summed E-state index contributed by atoms with van der Waals surface area (Å²) in [7, 11) is 1.72. The third kappa shape index (κ3) is 2.52. The number of piperidine rings is 1. The Morgan fingerprint density at radius 1 is 1.50 bits per heavy atom. The Kier molecular flexibility index (Phi) is 4.06. The molecule has 7 nitrogen and oxygen atoms in total. The minimum Gasteiger partial charge on any atom is -0.350 e. The van der Waals surface area contributed by atoms with Crippen LogP contribution in [0.3, 0.4) is 0 Å². The van der Waals surface area contributed by atoms with Crippen LogP contribution in [-0.2, 0) is 11.8 Å². The van der Waals surface area contributed by atoms with Gasteiger partial charge in [0.1, 0.15) is 12.0 Å². The van der Waals surface area contributed by atoms with E-state index in [1.807, 2.05) is 18.7 Å². The van der Waals surface area contributed by atoms with Crippen LogP contribution in [0.1, 0.15) is 38.3 Å². The number of carbonyl (C=O) groups excluding carboxylic acids is 1. The third-order valence-corrected chi connectivity index (χ3v) is 3.70. The molecular formula is C13H20N4O3. The highest BCUT2D eigenvalue weighted by Gasteiger charge is 2.33. The molecule has 0 amide bonds. The molecule has 1 aliphatic heterocycles. The lowest BCUT2D eigenvalue weighted by Crippen LogP contribution is -2.37. The maximum Gasteiger partial charge on any atom is 0.334 e. The van der Waals surface area contributed by atoms with Gasteiger partial charge in [0.2, 0.25) is 5.82 Å². The first-order valence-electron chi connectivity index (χ1n) is 6.87. The maximum atomic E-state index is 11.4. The van der Waals surface area contributed by atoms with Gasteiger partial charge in [-0.2, -0.15) is 5.10 Å². The summed E-state index contributed by atoms with van der Waals surface area (Å²) < 4.78 is 1.57. The zero-order valence-corrected chi connectivity index (χ0v) is 12.1. The minimum absolute atomic E-state index is 0.0120. The SMILES string of the molecule is CC(C)c1nn(C)c(N2CCCC(C=O)C2)c1[N+](=O)[O-]. The lowest BCUT2D eigenvalue weighted by Gasteiger charge is -2.31. The first-order chi connectivity index (χ1) is 9.45. The van der Waals surface area contributed by atoms with Crippen LogP contribution in [0.15, 0.2) is 0 Å². The summed E-state index contributed by atoms with van der Waals surface area (Å²) in [5.41, 5.74) is 0.578. The summed E-state index contributed by atoms with van der Waals surface area (Å²) in [5.74, 6) is 0.452. The van der Waals surface area contributed by atoms with Gasteiger partial charge < -0.3 is 9.69 Å². The van der Waals surface area contributed by atoms with E-state index >= 15 is 0 Å². The van der Waals surface area contributed by atoms with Gasteiger partial charge in [-0.1, -0.05) is 13.8 Å². The standard InChI is InChI=1S/C13H20N4O3/c1-9(2)11-12(17(19)20)13(15(3)14-11)16-6-4-5-10(7-16)8-18/h8-10H,4-7H2,1-3H3. The molecule has 7 heteroatoms. The van der Waals surface area contributed by atoms with Crippen LogP contribution in [0, 0.1) is 16.0 Å². The zero-order chi connectivity index (χ0) is 14.9. The van der Waals surface area contributed by atoms with E-state index in [0.717, 1.165) is 25.7 Å². The molecule has 0 spiro atoms. The van der Waals surface area contributed by atoms with Gasteiger partial charge in [-0.05, 0) is 12.8 Å². The molecule has 2 rings (SSSR count). The molecule has 0 saturated carbocycles. The van der Waals surface area contributed by atoms with Gasteiger partial charge in [0.25, 0.3) is 0 Å². The summed E-state index contributed by atoms with van der Waals surface area (Å²) in [4.78, 5) is 23.9. The molecule has 1 aliphatic rings. The van der Waals surface area contributed by atoms with E-state index in [9.17, 15) is 14.9 Å². The van der Waals surface area contributed by atoms with Crippen LogP contribution in [0.4, 0.5) is 11.5 Å². The van der Waals surface area contributed by atoms with E-state index in [-0.39, 0.29) is 22.4 Å². The van der Waals surface area contributed by atoms with E-state index in [4.69, 9.17) is 0 Å². The molecule has 0 aromatic carbocycles. The molecule has 1 aromatic heterocycles. The van der Waals surface area contributed by atoms with Crippen molar-refractivity contribution in [2.75, 3.05) is 18.0 Å². The molecular weight excluding hydrogens is 260 g/mol. The number of aryl methyl sites for hydroxylation is 1. The highest BCUT2D eigenvalue weighted by atomic mass is 16.6. The summed E-state index contributed by atoms with van der Waals surface area (Å²) >= 11 is 0. The Hall–Kier alpha value is -1.92. The Bertz CT molecular complexity index is 524. The molecule has 1 atom stereocenters. The molecule has 0 bridgehead atoms. The quantitative estimate of drug-likeness (QED) is 0.477. The minimum atomic E-state index is -0.359. The molecule has 1 aromatic rings. The Morgan fingerprint density at radius 2 is 2.20 bits per heavy atom. The number of aldehydes is 1. The molecule has 0 radical (unpaired) electrons. The summed E-state index contributed by atoms with van der Waals surface area (Å²) in [6.07, 6.45) is 2.66. The molecule has 20 heavy (non-hydrogen) atoms. The second-order valence-electron chi connectivity index (χ2n) is 5.58. The van der Waals surface area contributed by atoms with E-state index in [1.165, 1.54) is 0 Å². The first-order valence-corrected chi connectivity index (χ1v) is 6.87. The van der Waals surface area contributed by atoms with Gasteiger partial charge in [0, 0.05) is 32.0 Å². The number of aromatic nitrogens is 2. The fourth-order valence-corrected chi connectivity index (χ4v) is 2.76. The molecule has 1 fully saturated rings. The fourth-order valence-electron chi connectivity index (χ4n) is 2.76. The van der Waals surface area contributed by atoms with Crippen LogP contribution in [0.25, 0.3) is 0 Å². The van der Waals surface area contributed by atoms with Gasteiger partial charge in [-0.25, -0.2) is 4.68 Å².